The van der Waals surface area contributed by atoms with Crippen LogP contribution in [-0.4, -0.2) is 108 Å². The van der Waals surface area contributed by atoms with Crippen LogP contribution in [-0.2, 0) is 33.8 Å². The van der Waals surface area contributed by atoms with E-state index >= 15 is 0 Å². The molecule has 7 atom stereocenters. The second-order valence-electron chi connectivity index (χ2n) is 17.8. The first kappa shape index (κ1) is 39.8. The molecule has 2 amide bonds. The number of ketones is 1. The van der Waals surface area contributed by atoms with Crippen molar-refractivity contribution in [2.75, 3.05) is 52.6 Å². The minimum atomic E-state index is -0.485. The molecule has 0 bridgehead atoms. The molecule has 6 aliphatic heterocycles. The number of nitrogens with zero attached hydrogens (tertiary/aromatic N) is 4. The van der Waals surface area contributed by atoms with E-state index in [4.69, 9.17) is 0 Å². The van der Waals surface area contributed by atoms with E-state index in [2.05, 4.69) is 91.3 Å². The number of alkyl halides is 2. The zero-order valence-corrected chi connectivity index (χ0v) is 34.1. The average molecular weight is 780 g/mol. The van der Waals surface area contributed by atoms with Gasteiger partial charge in [0, 0.05) is 95.0 Å². The van der Waals surface area contributed by atoms with Crippen LogP contribution < -0.4 is 5.32 Å². The number of fused-ring (bicyclic) bond motifs is 6. The number of carbonyl (C=O) groups is 3. The SMILES string of the molecule is Cc1cc2c(cc1C)[C@@H]1CC(=O)[C@@H](N3C[C@@H](CF)CC3=O)CN1CC2.Cc1cc2c(cc1C)[C@@H]1C[C@H](NCc3ccccc3)[C@@H](N3C[C@@H](CF)CC3=O)CN1CC2. The molecule has 57 heavy (non-hydrogen) atoms. The fourth-order valence-electron chi connectivity index (χ4n) is 10.5. The number of aryl methyl sites for hydroxylation is 4. The largest absolute Gasteiger partial charge is 0.336 e. The summed E-state index contributed by atoms with van der Waals surface area (Å²) < 4.78 is 26.3. The summed E-state index contributed by atoms with van der Waals surface area (Å²) in [7, 11) is 0. The number of halogens is 2. The number of nitrogens with one attached hydrogen (secondary N) is 1. The predicted molar refractivity (Wildman–Crippen MR) is 218 cm³/mol. The molecule has 3 aromatic carbocycles. The van der Waals surface area contributed by atoms with Crippen molar-refractivity contribution >= 4 is 17.6 Å². The predicted octanol–water partition coefficient (Wildman–Crippen LogP) is 6.31. The smallest absolute Gasteiger partial charge is 0.223 e. The number of hydrogen-bond donors (Lipinski definition) is 1. The number of amides is 2. The highest BCUT2D eigenvalue weighted by Crippen LogP contribution is 2.41. The highest BCUT2D eigenvalue weighted by Gasteiger charge is 2.46. The standard InChI is InChI=1S/C27H34FN3O.C20H25FN2O2/c1-18-10-22-8-9-30-17-26(31-16-21(14-28)12-27(31)32)24(13-25(30)23(22)11-19(18)2)29-15-20-6-4-3-5-7-20;1-12-5-15-3-4-22-11-18(23-10-14(9-21)7-20(23)25)19(24)8-17(22)16(15)6-13(12)2/h3-7,10-11,21,24-26,29H,8-9,12-17H2,1-2H3;5-6,14,17-18H,3-4,7-11H2,1-2H3/t21-,24+,25+,26+;14-,17+,18+/m11/s1. The van der Waals surface area contributed by atoms with Gasteiger partial charge in [0.2, 0.25) is 11.8 Å². The molecule has 0 saturated carbocycles. The van der Waals surface area contributed by atoms with Gasteiger partial charge in [-0.25, -0.2) is 0 Å². The molecule has 0 aromatic heterocycles. The fraction of sp³-hybridized carbons (Fsp3) is 0.553. The van der Waals surface area contributed by atoms with Crippen molar-refractivity contribution in [3.8, 4) is 0 Å². The summed E-state index contributed by atoms with van der Waals surface area (Å²) in [6, 6.07) is 20.1. The van der Waals surface area contributed by atoms with Gasteiger partial charge in [-0.1, -0.05) is 54.6 Å². The van der Waals surface area contributed by atoms with E-state index in [0.717, 1.165) is 45.4 Å². The maximum atomic E-state index is 13.4. The van der Waals surface area contributed by atoms with Crippen LogP contribution in [0.25, 0.3) is 0 Å². The maximum absolute atomic E-state index is 13.4. The van der Waals surface area contributed by atoms with Crippen molar-refractivity contribution in [2.45, 2.75) is 103 Å². The highest BCUT2D eigenvalue weighted by atomic mass is 19.1. The third-order valence-electron chi connectivity index (χ3n) is 14.1. The Bertz CT molecular complexity index is 1990. The van der Waals surface area contributed by atoms with Gasteiger partial charge in [-0.3, -0.25) is 33.0 Å². The van der Waals surface area contributed by atoms with Gasteiger partial charge >= 0.3 is 0 Å². The maximum Gasteiger partial charge on any atom is 0.223 e. The van der Waals surface area contributed by atoms with Crippen molar-refractivity contribution in [2.24, 2.45) is 11.8 Å². The number of carbonyl (C=O) groups excluding carboxylic acids is 3. The van der Waals surface area contributed by atoms with Gasteiger partial charge in [-0.15, -0.1) is 0 Å². The van der Waals surface area contributed by atoms with Crippen molar-refractivity contribution in [1.82, 2.24) is 24.9 Å². The molecule has 304 valence electrons. The summed E-state index contributed by atoms with van der Waals surface area (Å²) in [6.07, 6.45) is 4.05. The third-order valence-corrected chi connectivity index (χ3v) is 14.1. The zero-order valence-electron chi connectivity index (χ0n) is 34.1. The monoisotopic (exact) mass is 779 g/mol. The Morgan fingerprint density at radius 1 is 0.632 bits per heavy atom. The Kier molecular flexibility index (Phi) is 11.7. The van der Waals surface area contributed by atoms with Crippen molar-refractivity contribution in [3.63, 3.8) is 0 Å². The molecule has 0 unspecified atom stereocenters. The second-order valence-corrected chi connectivity index (χ2v) is 17.8. The number of Topliss-reactive ketones (excluding diaryl/α,β-unsaturated/α-hetero) is 1. The molecular formula is C47H59F2N5O3. The van der Waals surface area contributed by atoms with Crippen LogP contribution in [0.2, 0.25) is 0 Å². The molecule has 9 rings (SSSR count). The lowest BCUT2D eigenvalue weighted by Gasteiger charge is -2.50. The molecule has 6 heterocycles. The van der Waals surface area contributed by atoms with E-state index in [1.165, 1.54) is 50.1 Å². The van der Waals surface area contributed by atoms with E-state index in [1.807, 2.05) is 11.0 Å². The first-order valence-electron chi connectivity index (χ1n) is 21.2. The molecule has 8 nitrogen and oxygen atoms in total. The molecular weight excluding hydrogens is 721 g/mol. The van der Waals surface area contributed by atoms with E-state index in [1.54, 1.807) is 4.90 Å². The van der Waals surface area contributed by atoms with Gasteiger partial charge < -0.3 is 15.1 Å². The Morgan fingerprint density at radius 2 is 1.18 bits per heavy atom. The lowest BCUT2D eigenvalue weighted by molar-refractivity contribution is -0.140. The number of benzene rings is 3. The van der Waals surface area contributed by atoms with Gasteiger partial charge in [-0.05, 0) is 97.0 Å². The third kappa shape index (κ3) is 8.06. The number of hydrogen-bond acceptors (Lipinski definition) is 6. The van der Waals surface area contributed by atoms with E-state index in [0.29, 0.717) is 38.5 Å². The zero-order chi connectivity index (χ0) is 40.0. The van der Waals surface area contributed by atoms with Gasteiger partial charge in [-0.2, -0.15) is 0 Å². The molecule has 4 fully saturated rings. The minimum absolute atomic E-state index is 0.0664. The Balaban J connectivity index is 0.000000165. The second kappa shape index (κ2) is 16.7. The molecule has 0 aliphatic carbocycles. The molecule has 0 radical (unpaired) electrons. The van der Waals surface area contributed by atoms with Gasteiger partial charge in [0.1, 0.15) is 6.04 Å². The summed E-state index contributed by atoms with van der Waals surface area (Å²) in [6.45, 7) is 12.8. The van der Waals surface area contributed by atoms with Crippen molar-refractivity contribution in [1.29, 1.82) is 0 Å². The Hall–Kier alpha value is -3.99. The van der Waals surface area contributed by atoms with Crippen molar-refractivity contribution in [3.05, 3.63) is 105 Å². The molecule has 6 aliphatic rings. The van der Waals surface area contributed by atoms with Crippen LogP contribution in [0.15, 0.2) is 54.6 Å². The highest BCUT2D eigenvalue weighted by molar-refractivity contribution is 5.91. The number of rotatable bonds is 7. The summed E-state index contributed by atoms with van der Waals surface area (Å²) in [5.74, 6) is -0.219. The lowest BCUT2D eigenvalue weighted by Crippen LogP contribution is -2.61. The van der Waals surface area contributed by atoms with Crippen LogP contribution in [0.5, 0.6) is 0 Å². The lowest BCUT2D eigenvalue weighted by atomic mass is 9.81. The average Bonchev–Trinajstić information content (AvgIpc) is 3.79. The van der Waals surface area contributed by atoms with Crippen LogP contribution in [0, 0.1) is 39.5 Å². The number of likely N-dealkylation sites (tertiary alicyclic amines) is 2. The quantitative estimate of drug-likeness (QED) is 0.303. The normalized spacial score (nSPS) is 28.7. The molecule has 0 spiro atoms. The van der Waals surface area contributed by atoms with Gasteiger partial charge in [0.25, 0.3) is 0 Å². The van der Waals surface area contributed by atoms with Crippen LogP contribution in [0.1, 0.15) is 87.8 Å². The topological polar surface area (TPSA) is 76.2 Å². The number of piperidine rings is 2. The summed E-state index contributed by atoms with van der Waals surface area (Å²) in [4.78, 5) is 46.4. The molecule has 4 saturated heterocycles. The minimum Gasteiger partial charge on any atom is -0.336 e. The first-order chi connectivity index (χ1) is 27.5. The molecule has 10 heteroatoms. The summed E-state index contributed by atoms with van der Waals surface area (Å²) in [5.41, 5.74) is 12.1. The fourth-order valence-corrected chi connectivity index (χ4v) is 10.5. The van der Waals surface area contributed by atoms with E-state index in [9.17, 15) is 23.2 Å². The Labute approximate surface area is 337 Å². The Morgan fingerprint density at radius 3 is 1.77 bits per heavy atom. The first-order valence-corrected chi connectivity index (χ1v) is 21.2. The molecule has 3 aromatic rings. The van der Waals surface area contributed by atoms with E-state index in [-0.39, 0.29) is 54.0 Å². The van der Waals surface area contributed by atoms with Crippen LogP contribution in [0.3, 0.4) is 0 Å². The van der Waals surface area contributed by atoms with Crippen molar-refractivity contribution < 1.29 is 23.2 Å². The molecule has 1 N–H and O–H groups in total. The van der Waals surface area contributed by atoms with Crippen LogP contribution >= 0.6 is 0 Å². The van der Waals surface area contributed by atoms with Crippen LogP contribution in [0.4, 0.5) is 8.78 Å². The summed E-state index contributed by atoms with van der Waals surface area (Å²) >= 11 is 0. The summed E-state index contributed by atoms with van der Waals surface area (Å²) in [5, 5.41) is 3.79. The van der Waals surface area contributed by atoms with E-state index < -0.39 is 19.4 Å². The van der Waals surface area contributed by atoms with Gasteiger partial charge in [0.05, 0.1) is 19.4 Å². The van der Waals surface area contributed by atoms with Gasteiger partial charge in [0.15, 0.2) is 5.78 Å².